The number of ether oxygens (including phenoxy) is 1. The minimum absolute atomic E-state index is 0.115. The number of hydrogen-bond donors (Lipinski definition) is 1. The van der Waals surface area contributed by atoms with Crippen LogP contribution >= 0.6 is 23.4 Å². The lowest BCUT2D eigenvalue weighted by molar-refractivity contribution is -0.138. The minimum Gasteiger partial charge on any atom is -0.467 e. The van der Waals surface area contributed by atoms with Crippen molar-refractivity contribution in [1.29, 1.82) is 0 Å². The minimum atomic E-state index is -0.587. The lowest BCUT2D eigenvalue weighted by Crippen LogP contribution is -2.29. The van der Waals surface area contributed by atoms with E-state index in [4.69, 9.17) is 20.8 Å². The highest BCUT2D eigenvalue weighted by Gasteiger charge is 2.36. The van der Waals surface area contributed by atoms with Gasteiger partial charge >= 0.3 is 5.97 Å². The Balaban J connectivity index is 1.65. The Morgan fingerprint density at radius 1 is 1.40 bits per heavy atom. The summed E-state index contributed by atoms with van der Waals surface area (Å²) in [7, 11) is 0. The van der Waals surface area contributed by atoms with Crippen LogP contribution in [0.15, 0.2) is 76.2 Å². The Morgan fingerprint density at radius 3 is 2.97 bits per heavy atom. The second-order valence-electron chi connectivity index (χ2n) is 6.51. The number of anilines is 1. The number of furan rings is 1. The fourth-order valence-electron chi connectivity index (χ4n) is 3.14. The number of hydrogen-bond acceptors (Lipinski definition) is 7. The summed E-state index contributed by atoms with van der Waals surface area (Å²) >= 11 is 7.71. The standard InChI is InChI=1S/C21H19ClN4O3S/c1-3-10-29-19(27)17-13(2)23-20-24-21(30-12-14-7-4-5-8-15(14)22)25-26(20)18(17)16-9-6-11-28-16/h3-9,11,18H,1,10,12H2,2H3,(H,23,24,25). The highest BCUT2D eigenvalue weighted by atomic mass is 35.5. The van der Waals surface area contributed by atoms with Gasteiger partial charge in [-0.2, -0.15) is 4.98 Å². The SMILES string of the molecule is C=CCOC(=O)C1=C(C)Nc2nc(SCc3ccccc3Cl)nn2C1c1ccco1. The van der Waals surface area contributed by atoms with Crippen LogP contribution in [0.3, 0.4) is 0 Å². The molecule has 2 aromatic heterocycles. The molecular weight excluding hydrogens is 424 g/mol. The summed E-state index contributed by atoms with van der Waals surface area (Å²) in [6, 6.07) is 10.6. The zero-order chi connectivity index (χ0) is 21.1. The summed E-state index contributed by atoms with van der Waals surface area (Å²) in [5.41, 5.74) is 2.04. The first kappa shape index (κ1) is 20.3. The third-order valence-electron chi connectivity index (χ3n) is 4.51. The van der Waals surface area contributed by atoms with E-state index in [2.05, 4.69) is 22.0 Å². The molecule has 0 fully saturated rings. The van der Waals surface area contributed by atoms with Crippen molar-refractivity contribution in [3.63, 3.8) is 0 Å². The van der Waals surface area contributed by atoms with Crippen LogP contribution in [0.1, 0.15) is 24.3 Å². The lowest BCUT2D eigenvalue weighted by atomic mass is 10.0. The van der Waals surface area contributed by atoms with E-state index < -0.39 is 12.0 Å². The topological polar surface area (TPSA) is 82.2 Å². The van der Waals surface area contributed by atoms with Crippen LogP contribution < -0.4 is 5.32 Å². The summed E-state index contributed by atoms with van der Waals surface area (Å²) < 4.78 is 12.6. The van der Waals surface area contributed by atoms with Crippen LogP contribution in [0.2, 0.25) is 5.02 Å². The third kappa shape index (κ3) is 4.01. The Morgan fingerprint density at radius 2 is 2.23 bits per heavy atom. The number of carbonyl (C=O) groups excluding carboxylic acids is 1. The van der Waals surface area contributed by atoms with Crippen molar-refractivity contribution in [2.45, 2.75) is 23.9 Å². The van der Waals surface area contributed by atoms with Crippen LogP contribution in [0.5, 0.6) is 0 Å². The van der Waals surface area contributed by atoms with Gasteiger partial charge in [-0.1, -0.05) is 54.2 Å². The molecule has 4 rings (SSSR count). The van der Waals surface area contributed by atoms with Gasteiger partial charge < -0.3 is 14.5 Å². The van der Waals surface area contributed by atoms with Gasteiger partial charge in [0, 0.05) is 16.5 Å². The van der Waals surface area contributed by atoms with E-state index in [9.17, 15) is 4.79 Å². The molecular formula is C21H19ClN4O3S. The zero-order valence-electron chi connectivity index (χ0n) is 16.2. The van der Waals surface area contributed by atoms with Gasteiger partial charge in [-0.25, -0.2) is 9.48 Å². The molecule has 30 heavy (non-hydrogen) atoms. The molecule has 9 heteroatoms. The fraction of sp³-hybridized carbons (Fsp3) is 0.190. The van der Waals surface area contributed by atoms with E-state index in [0.717, 1.165) is 5.56 Å². The van der Waals surface area contributed by atoms with Gasteiger partial charge in [0.1, 0.15) is 18.4 Å². The van der Waals surface area contributed by atoms with Gasteiger partial charge in [-0.3, -0.25) is 0 Å². The Kier molecular flexibility index (Phi) is 5.96. The van der Waals surface area contributed by atoms with Crippen LogP contribution in [-0.4, -0.2) is 27.3 Å². The van der Waals surface area contributed by atoms with Crippen LogP contribution in [0.25, 0.3) is 0 Å². The quantitative estimate of drug-likeness (QED) is 0.318. The van der Waals surface area contributed by atoms with Gasteiger partial charge in [0.2, 0.25) is 11.1 Å². The molecule has 3 aromatic rings. The first-order valence-corrected chi connectivity index (χ1v) is 10.6. The second kappa shape index (κ2) is 8.81. The molecule has 0 aliphatic carbocycles. The Hall–Kier alpha value is -2.97. The number of fused-ring (bicyclic) bond motifs is 1. The third-order valence-corrected chi connectivity index (χ3v) is 5.77. The Bertz CT molecular complexity index is 1110. The van der Waals surface area contributed by atoms with Crippen molar-refractivity contribution < 1.29 is 13.9 Å². The summed E-state index contributed by atoms with van der Waals surface area (Å²) in [5.74, 6) is 1.24. The number of nitrogens with one attached hydrogen (secondary N) is 1. The summed E-state index contributed by atoms with van der Waals surface area (Å²) in [6.07, 6.45) is 3.08. The van der Waals surface area contributed by atoms with Crippen LogP contribution in [-0.2, 0) is 15.3 Å². The largest absolute Gasteiger partial charge is 0.467 e. The average Bonchev–Trinajstić information content (AvgIpc) is 3.40. The molecule has 1 N–H and O–H groups in total. The molecule has 0 saturated carbocycles. The predicted octanol–water partition coefficient (Wildman–Crippen LogP) is 4.83. The van der Waals surface area contributed by atoms with Gasteiger partial charge in [0.05, 0.1) is 11.8 Å². The van der Waals surface area contributed by atoms with Crippen molar-refractivity contribution in [1.82, 2.24) is 14.8 Å². The number of benzene rings is 1. The van der Waals surface area contributed by atoms with Crippen molar-refractivity contribution in [3.8, 4) is 0 Å². The van der Waals surface area contributed by atoms with Crippen molar-refractivity contribution >= 4 is 35.3 Å². The predicted molar refractivity (Wildman–Crippen MR) is 115 cm³/mol. The number of thioether (sulfide) groups is 1. The number of nitrogens with zero attached hydrogens (tertiary/aromatic N) is 3. The second-order valence-corrected chi connectivity index (χ2v) is 7.86. The van der Waals surface area contributed by atoms with E-state index in [1.165, 1.54) is 17.8 Å². The number of halogens is 1. The molecule has 1 unspecified atom stereocenters. The van der Waals surface area contributed by atoms with E-state index >= 15 is 0 Å². The van der Waals surface area contributed by atoms with Gasteiger partial charge in [0.15, 0.2) is 0 Å². The summed E-state index contributed by atoms with van der Waals surface area (Å²) in [4.78, 5) is 17.3. The van der Waals surface area contributed by atoms with Crippen LogP contribution in [0.4, 0.5) is 5.95 Å². The van der Waals surface area contributed by atoms with Crippen LogP contribution in [0, 0.1) is 0 Å². The molecule has 1 atom stereocenters. The molecule has 0 amide bonds. The van der Waals surface area contributed by atoms with Crippen molar-refractivity contribution in [3.05, 3.63) is 82.9 Å². The normalized spacial score (nSPS) is 15.5. The molecule has 0 spiro atoms. The molecule has 1 aliphatic rings. The molecule has 0 saturated heterocycles. The smallest absolute Gasteiger partial charge is 0.338 e. The number of aromatic nitrogens is 3. The lowest BCUT2D eigenvalue weighted by Gasteiger charge is -2.26. The molecule has 1 aliphatic heterocycles. The maximum Gasteiger partial charge on any atom is 0.338 e. The van der Waals surface area contributed by atoms with Gasteiger partial charge in [-0.15, -0.1) is 5.10 Å². The molecule has 3 heterocycles. The average molecular weight is 443 g/mol. The summed E-state index contributed by atoms with van der Waals surface area (Å²) in [6.45, 7) is 5.50. The monoisotopic (exact) mass is 442 g/mol. The maximum absolute atomic E-state index is 12.7. The van der Waals surface area contributed by atoms with E-state index in [1.807, 2.05) is 24.3 Å². The maximum atomic E-state index is 12.7. The molecule has 0 bridgehead atoms. The number of allylic oxidation sites excluding steroid dienone is 1. The number of carbonyl (C=O) groups is 1. The van der Waals surface area contributed by atoms with E-state index in [-0.39, 0.29) is 6.61 Å². The highest BCUT2D eigenvalue weighted by Crippen LogP contribution is 2.37. The summed E-state index contributed by atoms with van der Waals surface area (Å²) in [5, 5.41) is 9.03. The molecule has 1 aromatic carbocycles. The van der Waals surface area contributed by atoms with Crippen molar-refractivity contribution in [2.24, 2.45) is 0 Å². The fourth-order valence-corrected chi connectivity index (χ4v) is 4.25. The zero-order valence-corrected chi connectivity index (χ0v) is 17.7. The number of rotatable bonds is 7. The molecule has 7 nitrogen and oxygen atoms in total. The number of esters is 1. The van der Waals surface area contributed by atoms with E-state index in [1.54, 1.807) is 30.0 Å². The van der Waals surface area contributed by atoms with E-state index in [0.29, 0.717) is 38.9 Å². The van der Waals surface area contributed by atoms with Gasteiger partial charge in [-0.05, 0) is 30.7 Å². The highest BCUT2D eigenvalue weighted by molar-refractivity contribution is 7.98. The first-order valence-electron chi connectivity index (χ1n) is 9.20. The van der Waals surface area contributed by atoms with Gasteiger partial charge in [0.25, 0.3) is 0 Å². The molecule has 0 radical (unpaired) electrons. The van der Waals surface area contributed by atoms with Crippen molar-refractivity contribution in [2.75, 3.05) is 11.9 Å². The molecule has 154 valence electrons. The Labute approximate surface area is 182 Å². The first-order chi connectivity index (χ1) is 14.6.